The summed E-state index contributed by atoms with van der Waals surface area (Å²) in [4.78, 5) is 0. The van der Waals surface area contributed by atoms with Gasteiger partial charge in [-0.25, -0.2) is 0 Å². The van der Waals surface area contributed by atoms with E-state index in [-0.39, 0.29) is 0 Å². The van der Waals surface area contributed by atoms with Crippen molar-refractivity contribution in [3.8, 4) is 11.1 Å². The highest BCUT2D eigenvalue weighted by molar-refractivity contribution is 6.34. The van der Waals surface area contributed by atoms with E-state index in [4.69, 9.17) is 0 Å². The summed E-state index contributed by atoms with van der Waals surface area (Å²) < 4.78 is 0. The largest absolute Gasteiger partial charge is 0.140 e. The van der Waals surface area contributed by atoms with Crippen LogP contribution in [-0.2, 0) is 0 Å². The van der Waals surface area contributed by atoms with E-state index in [9.17, 15) is 0 Å². The Kier molecular flexibility index (Phi) is 1.71. The summed E-state index contributed by atoms with van der Waals surface area (Å²) in [5.41, 5.74) is 8.83. The lowest BCUT2D eigenvalue weighted by Gasteiger charge is -2.19. The van der Waals surface area contributed by atoms with E-state index in [1.165, 1.54) is 27.7 Å². The van der Waals surface area contributed by atoms with Gasteiger partial charge in [0.15, 0.2) is 0 Å². The number of allylic oxidation sites excluding steroid dienone is 1. The van der Waals surface area contributed by atoms with Crippen LogP contribution in [0.2, 0.25) is 0 Å². The fourth-order valence-electron chi connectivity index (χ4n) is 3.35. The Balaban J connectivity index is 2.13. The summed E-state index contributed by atoms with van der Waals surface area (Å²) in [6.45, 7) is 0. The maximum absolute atomic E-state index is 2.33. The fraction of sp³-hybridized carbons (Fsp3) is 0.125. The molecule has 1 heteroatoms. The van der Waals surface area contributed by atoms with Gasteiger partial charge in [0.1, 0.15) is 7.85 Å². The summed E-state index contributed by atoms with van der Waals surface area (Å²) in [7, 11) is 2.21. The lowest BCUT2D eigenvalue weighted by molar-refractivity contribution is 0.845. The van der Waals surface area contributed by atoms with Crippen LogP contribution >= 0.6 is 0 Å². The highest BCUT2D eigenvalue weighted by Gasteiger charge is 2.31. The Hall–Kier alpha value is -1.76. The SMILES string of the molecule is Bc1ccc2c3c1C=CCC3c1ccccc1-2. The maximum atomic E-state index is 2.33. The second-order valence-corrected chi connectivity index (χ2v) is 5.04. The Morgan fingerprint density at radius 3 is 2.82 bits per heavy atom. The summed E-state index contributed by atoms with van der Waals surface area (Å²) >= 11 is 0. The summed E-state index contributed by atoms with van der Waals surface area (Å²) in [6.07, 6.45) is 5.78. The van der Waals surface area contributed by atoms with Crippen molar-refractivity contribution in [1.82, 2.24) is 0 Å². The minimum Gasteiger partial charge on any atom is -0.0830 e. The second kappa shape index (κ2) is 3.13. The molecule has 0 bridgehead atoms. The molecule has 0 fully saturated rings. The molecule has 0 spiro atoms. The van der Waals surface area contributed by atoms with Crippen molar-refractivity contribution in [2.45, 2.75) is 12.3 Å². The Labute approximate surface area is 102 Å². The number of hydrogen-bond acceptors (Lipinski definition) is 0. The lowest BCUT2D eigenvalue weighted by atomic mass is 9.79. The molecule has 1 unspecified atom stereocenters. The zero-order chi connectivity index (χ0) is 11.4. The molecule has 0 aliphatic heterocycles. The Morgan fingerprint density at radius 2 is 1.88 bits per heavy atom. The van der Waals surface area contributed by atoms with Crippen LogP contribution in [0.5, 0.6) is 0 Å². The van der Waals surface area contributed by atoms with Crippen LogP contribution in [0.15, 0.2) is 42.5 Å². The van der Waals surface area contributed by atoms with Gasteiger partial charge in [0, 0.05) is 5.92 Å². The van der Waals surface area contributed by atoms with Gasteiger partial charge in [0.05, 0.1) is 0 Å². The molecule has 2 aromatic rings. The van der Waals surface area contributed by atoms with E-state index in [1.54, 1.807) is 5.56 Å². The van der Waals surface area contributed by atoms with Crippen molar-refractivity contribution < 1.29 is 0 Å². The first-order chi connectivity index (χ1) is 8.36. The quantitative estimate of drug-likeness (QED) is 0.593. The monoisotopic (exact) mass is 216 g/mol. The molecule has 0 heterocycles. The smallest absolute Gasteiger partial charge is 0.0830 e. The van der Waals surface area contributed by atoms with Crippen LogP contribution in [0.3, 0.4) is 0 Å². The first-order valence-electron chi connectivity index (χ1n) is 6.25. The summed E-state index contributed by atoms with van der Waals surface area (Å²) in [6, 6.07) is 13.4. The minimum atomic E-state index is 0.598. The van der Waals surface area contributed by atoms with Gasteiger partial charge in [-0.1, -0.05) is 54.0 Å². The van der Waals surface area contributed by atoms with Crippen molar-refractivity contribution in [2.24, 2.45) is 0 Å². The predicted molar refractivity (Wildman–Crippen MR) is 75.6 cm³/mol. The third-order valence-corrected chi connectivity index (χ3v) is 4.14. The molecule has 0 aromatic heterocycles. The standard InChI is InChI=1S/C16H13B/c17-15-9-8-13-11-5-2-1-4-10(11)12-6-3-7-14(15)16(12)13/h1-5,7-9,12H,6,17H2. The molecule has 1 atom stereocenters. The van der Waals surface area contributed by atoms with Gasteiger partial charge in [0.25, 0.3) is 0 Å². The molecular weight excluding hydrogens is 203 g/mol. The zero-order valence-corrected chi connectivity index (χ0v) is 9.90. The average molecular weight is 216 g/mol. The number of hydrogen-bond donors (Lipinski definition) is 0. The Morgan fingerprint density at radius 1 is 1.00 bits per heavy atom. The van der Waals surface area contributed by atoms with E-state index < -0.39 is 0 Å². The van der Waals surface area contributed by atoms with Crippen LogP contribution in [-0.4, -0.2) is 7.85 Å². The number of benzene rings is 2. The van der Waals surface area contributed by atoms with Crippen LogP contribution in [0.25, 0.3) is 17.2 Å². The molecule has 17 heavy (non-hydrogen) atoms. The highest BCUT2D eigenvalue weighted by Crippen LogP contribution is 2.49. The number of fused-ring (bicyclic) bond motifs is 3. The second-order valence-electron chi connectivity index (χ2n) is 5.04. The molecule has 0 nitrogen and oxygen atoms in total. The normalized spacial score (nSPS) is 18.9. The highest BCUT2D eigenvalue weighted by atomic mass is 14.3. The molecule has 80 valence electrons. The predicted octanol–water partition coefficient (Wildman–Crippen LogP) is 2.47. The van der Waals surface area contributed by atoms with Gasteiger partial charge in [0.2, 0.25) is 0 Å². The zero-order valence-electron chi connectivity index (χ0n) is 9.90. The third kappa shape index (κ3) is 1.09. The molecule has 0 amide bonds. The topological polar surface area (TPSA) is 0 Å². The molecule has 0 saturated carbocycles. The molecule has 2 aliphatic rings. The fourth-order valence-corrected chi connectivity index (χ4v) is 3.35. The van der Waals surface area contributed by atoms with E-state index in [0.717, 1.165) is 6.42 Å². The third-order valence-electron chi connectivity index (χ3n) is 4.14. The average Bonchev–Trinajstić information content (AvgIpc) is 2.70. The molecule has 2 aliphatic carbocycles. The van der Waals surface area contributed by atoms with E-state index in [1.807, 2.05) is 0 Å². The summed E-state index contributed by atoms with van der Waals surface area (Å²) in [5.74, 6) is 0.598. The molecule has 0 radical (unpaired) electrons. The van der Waals surface area contributed by atoms with Gasteiger partial charge >= 0.3 is 0 Å². The van der Waals surface area contributed by atoms with Crippen molar-refractivity contribution in [2.75, 3.05) is 0 Å². The van der Waals surface area contributed by atoms with Crippen LogP contribution in [0, 0.1) is 0 Å². The van der Waals surface area contributed by atoms with Crippen molar-refractivity contribution >= 4 is 19.4 Å². The molecule has 0 N–H and O–H groups in total. The Bertz CT molecular complexity index is 653. The van der Waals surface area contributed by atoms with Crippen LogP contribution < -0.4 is 5.46 Å². The van der Waals surface area contributed by atoms with E-state index >= 15 is 0 Å². The van der Waals surface area contributed by atoms with Crippen molar-refractivity contribution in [1.29, 1.82) is 0 Å². The number of rotatable bonds is 0. The van der Waals surface area contributed by atoms with E-state index in [2.05, 4.69) is 56.4 Å². The van der Waals surface area contributed by atoms with Gasteiger partial charge < -0.3 is 0 Å². The van der Waals surface area contributed by atoms with Gasteiger partial charge in [-0.05, 0) is 34.2 Å². The lowest BCUT2D eigenvalue weighted by Crippen LogP contribution is -2.13. The first-order valence-corrected chi connectivity index (χ1v) is 6.25. The molecule has 2 aromatic carbocycles. The summed E-state index contributed by atoms with van der Waals surface area (Å²) in [5, 5.41) is 0. The maximum Gasteiger partial charge on any atom is 0.140 e. The minimum absolute atomic E-state index is 0.598. The van der Waals surface area contributed by atoms with Crippen LogP contribution in [0.1, 0.15) is 29.0 Å². The van der Waals surface area contributed by atoms with Gasteiger partial charge in [-0.2, -0.15) is 0 Å². The van der Waals surface area contributed by atoms with E-state index in [0.29, 0.717) is 5.92 Å². The molecular formula is C16H13B. The molecule has 4 rings (SSSR count). The molecule has 0 saturated heterocycles. The van der Waals surface area contributed by atoms with Crippen molar-refractivity contribution in [3.63, 3.8) is 0 Å². The first kappa shape index (κ1) is 9.29. The van der Waals surface area contributed by atoms with Crippen LogP contribution in [0.4, 0.5) is 0 Å². The van der Waals surface area contributed by atoms with Gasteiger partial charge in [-0.3, -0.25) is 0 Å². The van der Waals surface area contributed by atoms with Gasteiger partial charge in [-0.15, -0.1) is 0 Å². The van der Waals surface area contributed by atoms with Crippen molar-refractivity contribution in [3.05, 3.63) is 59.2 Å².